The number of nitrogens with zero attached hydrogens (tertiary/aromatic N) is 1. The number of halogens is 2. The second-order valence-electron chi connectivity index (χ2n) is 4.24. The third-order valence-electron chi connectivity index (χ3n) is 2.26. The Balaban J connectivity index is 2.85. The molecule has 0 fully saturated rings. The van der Waals surface area contributed by atoms with Gasteiger partial charge in [0.1, 0.15) is 5.82 Å². The van der Waals surface area contributed by atoms with Gasteiger partial charge in [-0.3, -0.25) is 0 Å². The predicted molar refractivity (Wildman–Crippen MR) is 69.7 cm³/mol. The molecule has 0 saturated heterocycles. The fourth-order valence-corrected chi connectivity index (χ4v) is 2.05. The van der Waals surface area contributed by atoms with Crippen LogP contribution in [0.4, 0.5) is 5.82 Å². The minimum atomic E-state index is -0.0366. The standard InChI is InChI=1S/C11H16BrClN2/c1-8-4-7-14-10(9(8)12)15-11(2,3)5-6-13/h4,7H,5-6H2,1-3H3,(H,14,15). The van der Waals surface area contributed by atoms with Crippen LogP contribution < -0.4 is 5.32 Å². The van der Waals surface area contributed by atoms with Crippen molar-refractivity contribution in [3.63, 3.8) is 0 Å². The molecule has 0 aliphatic heterocycles. The average Bonchev–Trinajstić information content (AvgIpc) is 2.12. The average molecular weight is 292 g/mol. The van der Waals surface area contributed by atoms with E-state index in [0.717, 1.165) is 16.7 Å². The minimum absolute atomic E-state index is 0.0366. The van der Waals surface area contributed by atoms with Crippen molar-refractivity contribution in [1.82, 2.24) is 4.98 Å². The van der Waals surface area contributed by atoms with Gasteiger partial charge in [0.15, 0.2) is 0 Å². The van der Waals surface area contributed by atoms with E-state index in [2.05, 4.69) is 40.1 Å². The van der Waals surface area contributed by atoms with Crippen LogP contribution in [0.5, 0.6) is 0 Å². The second kappa shape index (κ2) is 5.17. The summed E-state index contributed by atoms with van der Waals surface area (Å²) >= 11 is 9.28. The highest BCUT2D eigenvalue weighted by molar-refractivity contribution is 9.10. The van der Waals surface area contributed by atoms with Gasteiger partial charge in [0.2, 0.25) is 0 Å². The maximum atomic E-state index is 5.75. The van der Waals surface area contributed by atoms with E-state index < -0.39 is 0 Å². The Hall–Kier alpha value is -0.280. The van der Waals surface area contributed by atoms with Gasteiger partial charge in [0.05, 0.1) is 4.47 Å². The molecule has 1 heterocycles. The van der Waals surface area contributed by atoms with E-state index in [1.54, 1.807) is 6.20 Å². The van der Waals surface area contributed by atoms with Crippen molar-refractivity contribution in [3.8, 4) is 0 Å². The highest BCUT2D eigenvalue weighted by atomic mass is 79.9. The number of rotatable bonds is 4. The number of aromatic nitrogens is 1. The number of alkyl halides is 1. The van der Waals surface area contributed by atoms with E-state index in [-0.39, 0.29) is 5.54 Å². The van der Waals surface area contributed by atoms with Gasteiger partial charge in [-0.1, -0.05) is 0 Å². The lowest BCUT2D eigenvalue weighted by Gasteiger charge is -2.26. The van der Waals surface area contributed by atoms with Crippen LogP contribution in [0.25, 0.3) is 0 Å². The Bertz CT molecular complexity index is 339. The highest BCUT2D eigenvalue weighted by Gasteiger charge is 2.18. The van der Waals surface area contributed by atoms with E-state index in [1.165, 1.54) is 5.56 Å². The molecule has 1 rings (SSSR count). The molecule has 4 heteroatoms. The van der Waals surface area contributed by atoms with Crippen molar-refractivity contribution in [2.24, 2.45) is 0 Å². The zero-order valence-corrected chi connectivity index (χ0v) is 11.6. The SMILES string of the molecule is Cc1ccnc(NC(C)(C)CCCl)c1Br. The monoisotopic (exact) mass is 290 g/mol. The fraction of sp³-hybridized carbons (Fsp3) is 0.545. The van der Waals surface area contributed by atoms with Gasteiger partial charge in [-0.25, -0.2) is 4.98 Å². The molecule has 15 heavy (non-hydrogen) atoms. The second-order valence-corrected chi connectivity index (χ2v) is 5.41. The highest BCUT2D eigenvalue weighted by Crippen LogP contribution is 2.26. The summed E-state index contributed by atoms with van der Waals surface area (Å²) in [5.41, 5.74) is 1.14. The maximum Gasteiger partial charge on any atom is 0.140 e. The van der Waals surface area contributed by atoms with Crippen LogP contribution in [0.15, 0.2) is 16.7 Å². The Morgan fingerprint density at radius 2 is 2.20 bits per heavy atom. The maximum absolute atomic E-state index is 5.75. The first kappa shape index (κ1) is 12.8. The number of aryl methyl sites for hydroxylation is 1. The van der Waals surface area contributed by atoms with Gasteiger partial charge < -0.3 is 5.32 Å². The Kier molecular flexibility index (Phi) is 4.41. The fourth-order valence-electron chi connectivity index (χ4n) is 1.25. The lowest BCUT2D eigenvalue weighted by atomic mass is 10.0. The molecule has 0 aliphatic carbocycles. The summed E-state index contributed by atoms with van der Waals surface area (Å²) < 4.78 is 1.02. The summed E-state index contributed by atoms with van der Waals surface area (Å²) in [6.45, 7) is 6.28. The molecule has 0 spiro atoms. The first-order chi connectivity index (χ1) is 6.96. The number of anilines is 1. The molecule has 0 bridgehead atoms. The zero-order valence-electron chi connectivity index (χ0n) is 9.27. The van der Waals surface area contributed by atoms with Crippen molar-refractivity contribution in [2.75, 3.05) is 11.2 Å². The molecule has 0 radical (unpaired) electrons. The third kappa shape index (κ3) is 3.65. The number of hydrogen-bond acceptors (Lipinski definition) is 2. The molecular weight excluding hydrogens is 275 g/mol. The summed E-state index contributed by atoms with van der Waals surface area (Å²) in [7, 11) is 0. The van der Waals surface area contributed by atoms with Crippen LogP contribution in [0, 0.1) is 6.92 Å². The van der Waals surface area contributed by atoms with E-state index in [1.807, 2.05) is 13.0 Å². The van der Waals surface area contributed by atoms with Crippen molar-refractivity contribution in [1.29, 1.82) is 0 Å². The van der Waals surface area contributed by atoms with E-state index in [4.69, 9.17) is 11.6 Å². The normalized spacial score (nSPS) is 11.5. The topological polar surface area (TPSA) is 24.9 Å². The van der Waals surface area contributed by atoms with Crippen LogP contribution in [-0.4, -0.2) is 16.4 Å². The van der Waals surface area contributed by atoms with Gasteiger partial charge in [0, 0.05) is 17.6 Å². The molecule has 0 aromatic carbocycles. The van der Waals surface area contributed by atoms with E-state index in [9.17, 15) is 0 Å². The van der Waals surface area contributed by atoms with Gasteiger partial charge in [0.25, 0.3) is 0 Å². The minimum Gasteiger partial charge on any atom is -0.364 e. The number of hydrogen-bond donors (Lipinski definition) is 1. The van der Waals surface area contributed by atoms with Crippen LogP contribution in [0.3, 0.4) is 0 Å². The van der Waals surface area contributed by atoms with Gasteiger partial charge in [-0.15, -0.1) is 11.6 Å². The molecule has 2 nitrogen and oxygen atoms in total. The van der Waals surface area contributed by atoms with Crippen molar-refractivity contribution in [3.05, 3.63) is 22.3 Å². The van der Waals surface area contributed by atoms with Crippen molar-refractivity contribution in [2.45, 2.75) is 32.7 Å². The van der Waals surface area contributed by atoms with Gasteiger partial charge in [-0.2, -0.15) is 0 Å². The molecule has 0 unspecified atom stereocenters. The first-order valence-electron chi connectivity index (χ1n) is 4.91. The number of pyridine rings is 1. The summed E-state index contributed by atoms with van der Waals surface area (Å²) in [4.78, 5) is 4.31. The Labute approximate surface area is 105 Å². The van der Waals surface area contributed by atoms with Crippen LogP contribution in [0.1, 0.15) is 25.8 Å². The molecule has 1 N–H and O–H groups in total. The molecule has 0 aliphatic rings. The molecule has 1 aromatic rings. The summed E-state index contributed by atoms with van der Waals surface area (Å²) in [5, 5.41) is 3.39. The van der Waals surface area contributed by atoms with Crippen molar-refractivity contribution >= 4 is 33.3 Å². The molecule has 0 saturated carbocycles. The first-order valence-corrected chi connectivity index (χ1v) is 6.24. The molecule has 84 valence electrons. The number of nitrogens with one attached hydrogen (secondary N) is 1. The lowest BCUT2D eigenvalue weighted by Crippen LogP contribution is -2.31. The largest absolute Gasteiger partial charge is 0.364 e. The molecule has 0 amide bonds. The predicted octanol–water partition coefficient (Wildman–Crippen LogP) is 3.97. The van der Waals surface area contributed by atoms with E-state index >= 15 is 0 Å². The Morgan fingerprint density at radius 3 is 2.80 bits per heavy atom. The zero-order chi connectivity index (χ0) is 11.5. The van der Waals surface area contributed by atoms with Crippen molar-refractivity contribution < 1.29 is 0 Å². The summed E-state index contributed by atoms with van der Waals surface area (Å²) in [6, 6.07) is 1.98. The molecule has 1 aromatic heterocycles. The summed E-state index contributed by atoms with van der Waals surface area (Å²) in [5.74, 6) is 1.52. The molecule has 0 atom stereocenters. The van der Waals surface area contributed by atoms with Gasteiger partial charge in [-0.05, 0) is 54.8 Å². The van der Waals surface area contributed by atoms with Crippen LogP contribution in [0.2, 0.25) is 0 Å². The van der Waals surface area contributed by atoms with Gasteiger partial charge >= 0.3 is 0 Å². The quantitative estimate of drug-likeness (QED) is 0.849. The Morgan fingerprint density at radius 1 is 1.53 bits per heavy atom. The van der Waals surface area contributed by atoms with Crippen LogP contribution in [-0.2, 0) is 0 Å². The third-order valence-corrected chi connectivity index (χ3v) is 3.45. The van der Waals surface area contributed by atoms with Crippen LogP contribution >= 0.6 is 27.5 Å². The lowest BCUT2D eigenvalue weighted by molar-refractivity contribution is 0.547. The molecular formula is C11H16BrClN2. The smallest absolute Gasteiger partial charge is 0.140 e. The van der Waals surface area contributed by atoms with E-state index in [0.29, 0.717) is 5.88 Å². The summed E-state index contributed by atoms with van der Waals surface area (Å²) in [6.07, 6.45) is 2.70.